The number of anilines is 2. The molecule has 0 spiro atoms. The maximum atomic E-state index is 8.99. The van der Waals surface area contributed by atoms with Gasteiger partial charge in [-0.3, -0.25) is 0 Å². The first-order valence-electron chi connectivity index (χ1n) is 6.20. The molecule has 1 heterocycles. The van der Waals surface area contributed by atoms with Gasteiger partial charge < -0.3 is 20.5 Å². The number of nitrogens with one attached hydrogen (secondary N) is 2. The van der Waals surface area contributed by atoms with Crippen LogP contribution in [0.4, 0.5) is 11.6 Å². The molecule has 0 aromatic carbocycles. The second-order valence-corrected chi connectivity index (χ2v) is 4.20. The average Bonchev–Trinajstić information content (AvgIpc) is 2.42. The van der Waals surface area contributed by atoms with Crippen molar-refractivity contribution in [3.05, 3.63) is 6.33 Å². The van der Waals surface area contributed by atoms with Crippen LogP contribution in [-0.2, 0) is 0 Å². The molecule has 1 rings (SSSR count). The van der Waals surface area contributed by atoms with Gasteiger partial charge in [-0.1, -0.05) is 13.8 Å². The summed E-state index contributed by atoms with van der Waals surface area (Å²) >= 11 is 0. The van der Waals surface area contributed by atoms with Crippen molar-refractivity contribution in [2.45, 2.75) is 20.3 Å². The van der Waals surface area contributed by atoms with Crippen molar-refractivity contribution in [3.8, 4) is 5.75 Å². The van der Waals surface area contributed by atoms with Gasteiger partial charge in [0.15, 0.2) is 11.6 Å². The maximum Gasteiger partial charge on any atom is 0.204 e. The van der Waals surface area contributed by atoms with Crippen molar-refractivity contribution in [2.75, 3.05) is 37.4 Å². The van der Waals surface area contributed by atoms with Gasteiger partial charge in [-0.05, 0) is 12.3 Å². The van der Waals surface area contributed by atoms with Crippen LogP contribution in [0.25, 0.3) is 0 Å². The average molecular weight is 254 g/mol. The topological polar surface area (TPSA) is 79.3 Å². The quantitative estimate of drug-likeness (QED) is 0.650. The SMILES string of the molecule is CCCNc1ncnc(NCC(C)CO)c1OC. The lowest BCUT2D eigenvalue weighted by Crippen LogP contribution is -2.16. The first-order valence-corrected chi connectivity index (χ1v) is 6.20. The molecule has 0 aliphatic rings. The number of nitrogens with zero attached hydrogens (tertiary/aromatic N) is 2. The molecule has 18 heavy (non-hydrogen) atoms. The largest absolute Gasteiger partial charge is 0.490 e. The standard InChI is InChI=1S/C12H22N4O2/c1-4-5-13-11-10(18-3)12(16-8-15-11)14-6-9(2)7-17/h8-9,17H,4-7H2,1-3H3,(H2,13,14,15,16). The third-order valence-corrected chi connectivity index (χ3v) is 2.48. The molecule has 6 heteroatoms. The third-order valence-electron chi connectivity index (χ3n) is 2.48. The first-order chi connectivity index (χ1) is 8.72. The fourth-order valence-electron chi connectivity index (χ4n) is 1.40. The van der Waals surface area contributed by atoms with Gasteiger partial charge in [0.05, 0.1) is 7.11 Å². The van der Waals surface area contributed by atoms with E-state index in [1.807, 2.05) is 6.92 Å². The highest BCUT2D eigenvalue weighted by atomic mass is 16.5. The zero-order valence-electron chi connectivity index (χ0n) is 11.2. The molecule has 1 aromatic rings. The predicted octanol–water partition coefficient (Wildman–Crippen LogP) is 1.35. The van der Waals surface area contributed by atoms with Gasteiger partial charge >= 0.3 is 0 Å². The molecule has 6 nitrogen and oxygen atoms in total. The summed E-state index contributed by atoms with van der Waals surface area (Å²) in [6, 6.07) is 0. The molecule has 0 radical (unpaired) electrons. The number of aliphatic hydroxyl groups excluding tert-OH is 1. The van der Waals surface area contributed by atoms with Crippen molar-refractivity contribution < 1.29 is 9.84 Å². The van der Waals surface area contributed by atoms with Crippen molar-refractivity contribution in [2.24, 2.45) is 5.92 Å². The van der Waals surface area contributed by atoms with E-state index in [2.05, 4.69) is 27.5 Å². The van der Waals surface area contributed by atoms with Crippen molar-refractivity contribution in [3.63, 3.8) is 0 Å². The van der Waals surface area contributed by atoms with E-state index in [-0.39, 0.29) is 12.5 Å². The Morgan fingerprint density at radius 3 is 2.56 bits per heavy atom. The molecule has 0 fully saturated rings. The summed E-state index contributed by atoms with van der Waals surface area (Å²) in [5.41, 5.74) is 0. The summed E-state index contributed by atoms with van der Waals surface area (Å²) < 4.78 is 5.33. The van der Waals surface area contributed by atoms with E-state index >= 15 is 0 Å². The number of ether oxygens (including phenoxy) is 1. The lowest BCUT2D eigenvalue weighted by Gasteiger charge is -2.15. The van der Waals surface area contributed by atoms with Crippen LogP contribution in [0.2, 0.25) is 0 Å². The molecular weight excluding hydrogens is 232 g/mol. The van der Waals surface area contributed by atoms with Crippen LogP contribution < -0.4 is 15.4 Å². The third kappa shape index (κ3) is 4.03. The van der Waals surface area contributed by atoms with Crippen LogP contribution in [0.3, 0.4) is 0 Å². The molecule has 3 N–H and O–H groups in total. The van der Waals surface area contributed by atoms with E-state index < -0.39 is 0 Å². The highest BCUT2D eigenvalue weighted by Gasteiger charge is 2.12. The molecule has 0 aliphatic carbocycles. The number of hydrogen-bond donors (Lipinski definition) is 3. The van der Waals surface area contributed by atoms with Gasteiger partial charge in [-0.25, -0.2) is 9.97 Å². The van der Waals surface area contributed by atoms with Gasteiger partial charge in [0.25, 0.3) is 0 Å². The Kier molecular flexibility index (Phi) is 6.21. The Labute approximate surface area is 108 Å². The molecule has 1 unspecified atom stereocenters. The Morgan fingerprint density at radius 2 is 2.00 bits per heavy atom. The van der Waals surface area contributed by atoms with Crippen LogP contribution in [0.1, 0.15) is 20.3 Å². The predicted molar refractivity (Wildman–Crippen MR) is 72.1 cm³/mol. The maximum absolute atomic E-state index is 8.99. The normalized spacial score (nSPS) is 12.0. The van der Waals surface area contributed by atoms with Crippen LogP contribution in [0, 0.1) is 5.92 Å². The van der Waals surface area contributed by atoms with Gasteiger partial charge in [0, 0.05) is 19.7 Å². The fourth-order valence-corrected chi connectivity index (χ4v) is 1.40. The molecule has 0 bridgehead atoms. The number of rotatable bonds is 8. The minimum absolute atomic E-state index is 0.140. The highest BCUT2D eigenvalue weighted by Crippen LogP contribution is 2.28. The van der Waals surface area contributed by atoms with Crippen molar-refractivity contribution >= 4 is 11.6 Å². The van der Waals surface area contributed by atoms with E-state index in [1.165, 1.54) is 6.33 Å². The Hall–Kier alpha value is -1.56. The summed E-state index contributed by atoms with van der Waals surface area (Å²) in [4.78, 5) is 8.31. The molecular formula is C12H22N4O2. The summed E-state index contributed by atoms with van der Waals surface area (Å²) in [5, 5.41) is 15.3. The molecule has 1 atom stereocenters. The Bertz CT molecular complexity index is 360. The smallest absolute Gasteiger partial charge is 0.204 e. The zero-order valence-corrected chi connectivity index (χ0v) is 11.2. The van der Waals surface area contributed by atoms with E-state index in [1.54, 1.807) is 7.11 Å². The zero-order chi connectivity index (χ0) is 13.4. The summed E-state index contributed by atoms with van der Waals surface area (Å²) in [5.74, 6) is 2.10. The van der Waals surface area contributed by atoms with Gasteiger partial charge in [0.1, 0.15) is 6.33 Å². The van der Waals surface area contributed by atoms with Gasteiger partial charge in [0.2, 0.25) is 5.75 Å². The van der Waals surface area contributed by atoms with Crippen molar-refractivity contribution in [1.82, 2.24) is 9.97 Å². The molecule has 102 valence electrons. The van der Waals surface area contributed by atoms with E-state index in [9.17, 15) is 0 Å². The highest BCUT2D eigenvalue weighted by molar-refractivity contribution is 5.63. The number of methoxy groups -OCH3 is 1. The van der Waals surface area contributed by atoms with E-state index in [0.29, 0.717) is 23.9 Å². The van der Waals surface area contributed by atoms with Crippen LogP contribution >= 0.6 is 0 Å². The molecule has 1 aromatic heterocycles. The minimum atomic E-state index is 0.140. The second-order valence-electron chi connectivity index (χ2n) is 4.20. The summed E-state index contributed by atoms with van der Waals surface area (Å²) in [6.45, 7) is 5.65. The second kappa shape index (κ2) is 7.71. The van der Waals surface area contributed by atoms with Gasteiger partial charge in [-0.2, -0.15) is 0 Å². The molecule has 0 saturated heterocycles. The minimum Gasteiger partial charge on any atom is -0.490 e. The summed E-state index contributed by atoms with van der Waals surface area (Å²) in [7, 11) is 1.59. The molecule has 0 saturated carbocycles. The summed E-state index contributed by atoms with van der Waals surface area (Å²) in [6.07, 6.45) is 2.50. The van der Waals surface area contributed by atoms with E-state index in [4.69, 9.17) is 9.84 Å². The Morgan fingerprint density at radius 1 is 1.33 bits per heavy atom. The molecule has 0 aliphatic heterocycles. The van der Waals surface area contributed by atoms with Crippen LogP contribution in [-0.4, -0.2) is 41.9 Å². The van der Waals surface area contributed by atoms with Crippen LogP contribution in [0.15, 0.2) is 6.33 Å². The number of aliphatic hydroxyl groups is 1. The van der Waals surface area contributed by atoms with E-state index in [0.717, 1.165) is 13.0 Å². The Balaban J connectivity index is 2.77. The monoisotopic (exact) mass is 254 g/mol. The molecule has 0 amide bonds. The first kappa shape index (κ1) is 14.5. The van der Waals surface area contributed by atoms with Crippen molar-refractivity contribution in [1.29, 1.82) is 0 Å². The number of aromatic nitrogens is 2. The van der Waals surface area contributed by atoms with Crippen LogP contribution in [0.5, 0.6) is 5.75 Å². The lowest BCUT2D eigenvalue weighted by molar-refractivity contribution is 0.244. The van der Waals surface area contributed by atoms with Gasteiger partial charge in [-0.15, -0.1) is 0 Å². The lowest BCUT2D eigenvalue weighted by atomic mass is 10.2. The fraction of sp³-hybridized carbons (Fsp3) is 0.667. The number of hydrogen-bond acceptors (Lipinski definition) is 6.